The lowest BCUT2D eigenvalue weighted by molar-refractivity contribution is 0.135. The number of halogens is 1. The lowest BCUT2D eigenvalue weighted by atomic mass is 9.96. The summed E-state index contributed by atoms with van der Waals surface area (Å²) in [6.45, 7) is 0.945. The topological polar surface area (TPSA) is 24.0 Å². The Hall–Kier alpha value is -0.840. The Balaban J connectivity index is 2.06. The van der Waals surface area contributed by atoms with Crippen molar-refractivity contribution in [2.24, 2.45) is 0 Å². The maximum Gasteiger partial charge on any atom is 0.178 e. The summed E-state index contributed by atoms with van der Waals surface area (Å²) in [5.74, 6) is 0. The van der Waals surface area contributed by atoms with Gasteiger partial charge in [-0.05, 0) is 57.4 Å². The van der Waals surface area contributed by atoms with Crippen molar-refractivity contribution >= 4 is 34.9 Å². The second-order valence-electron chi connectivity index (χ2n) is 6.00. The van der Waals surface area contributed by atoms with Crippen LogP contribution in [-0.4, -0.2) is 34.1 Å². The summed E-state index contributed by atoms with van der Waals surface area (Å²) in [7, 11) is 4.36. The van der Waals surface area contributed by atoms with Crippen LogP contribution < -0.4 is 0 Å². The number of fused-ring (bicyclic) bond motifs is 1. The van der Waals surface area contributed by atoms with Crippen molar-refractivity contribution < 1.29 is 0 Å². The van der Waals surface area contributed by atoms with E-state index < -0.39 is 0 Å². The first kappa shape index (κ1) is 14.1. The van der Waals surface area contributed by atoms with E-state index >= 15 is 0 Å². The zero-order valence-corrected chi connectivity index (χ0v) is 13.5. The zero-order chi connectivity index (χ0) is 14.3. The van der Waals surface area contributed by atoms with Crippen LogP contribution in [0.5, 0.6) is 0 Å². The van der Waals surface area contributed by atoms with Gasteiger partial charge in [-0.15, -0.1) is 0 Å². The molecule has 5 heteroatoms. The van der Waals surface area contributed by atoms with Gasteiger partial charge in [0.25, 0.3) is 0 Å². The monoisotopic (exact) mass is 309 g/mol. The maximum atomic E-state index is 6.06. The van der Waals surface area contributed by atoms with Crippen molar-refractivity contribution in [2.75, 3.05) is 14.1 Å². The summed E-state index contributed by atoms with van der Waals surface area (Å²) in [6, 6.07) is 5.93. The second-order valence-corrected chi connectivity index (χ2v) is 6.83. The summed E-state index contributed by atoms with van der Waals surface area (Å²) in [6.07, 6.45) is 5.09. The molecule has 0 spiro atoms. The van der Waals surface area contributed by atoms with E-state index in [1.165, 1.54) is 25.7 Å². The molecule has 0 aliphatic heterocycles. The molecule has 0 atom stereocenters. The highest BCUT2D eigenvalue weighted by molar-refractivity contribution is 7.71. The van der Waals surface area contributed by atoms with Gasteiger partial charge in [0.1, 0.15) is 0 Å². The maximum absolute atomic E-state index is 6.06. The fourth-order valence-corrected chi connectivity index (χ4v) is 3.81. The van der Waals surface area contributed by atoms with Gasteiger partial charge in [-0.3, -0.25) is 0 Å². The van der Waals surface area contributed by atoms with Crippen LogP contribution in [0.25, 0.3) is 11.0 Å². The number of rotatable bonds is 3. The SMILES string of the molecule is CN(C)C1(Cn2c(=S)[nH]c3cc(Cl)ccc32)CCCC1. The first-order valence-electron chi connectivity index (χ1n) is 7.07. The third kappa shape index (κ3) is 2.30. The van der Waals surface area contributed by atoms with E-state index in [2.05, 4.69) is 34.6 Å². The van der Waals surface area contributed by atoms with E-state index in [0.29, 0.717) is 0 Å². The molecule has 1 aromatic heterocycles. The molecular formula is C15H20ClN3S. The van der Waals surface area contributed by atoms with Crippen molar-refractivity contribution in [3.05, 3.63) is 28.0 Å². The second kappa shape index (κ2) is 5.17. The molecule has 0 unspecified atom stereocenters. The van der Waals surface area contributed by atoms with Gasteiger partial charge >= 0.3 is 0 Å². The fraction of sp³-hybridized carbons (Fsp3) is 0.533. The number of nitrogens with zero attached hydrogens (tertiary/aromatic N) is 2. The summed E-state index contributed by atoms with van der Waals surface area (Å²) in [5, 5.41) is 0.740. The molecule has 1 N–H and O–H groups in total. The van der Waals surface area contributed by atoms with Crippen LogP contribution in [-0.2, 0) is 6.54 Å². The highest BCUT2D eigenvalue weighted by Crippen LogP contribution is 2.36. The van der Waals surface area contributed by atoms with Gasteiger partial charge in [-0.25, -0.2) is 0 Å². The van der Waals surface area contributed by atoms with Gasteiger partial charge in [-0.2, -0.15) is 0 Å². The number of imidazole rings is 1. The van der Waals surface area contributed by atoms with Crippen molar-refractivity contribution in [3.8, 4) is 0 Å². The standard InChI is InChI=1S/C15H20ClN3S/c1-18(2)15(7-3-4-8-15)10-19-13-6-5-11(16)9-12(13)17-14(19)20/h5-6,9H,3-4,7-8,10H2,1-2H3,(H,17,20). The number of aromatic nitrogens is 2. The van der Waals surface area contributed by atoms with Crippen LogP contribution in [0.4, 0.5) is 0 Å². The Labute approximate surface area is 129 Å². The number of aromatic amines is 1. The molecule has 20 heavy (non-hydrogen) atoms. The molecule has 0 saturated heterocycles. The Morgan fingerprint density at radius 2 is 2.05 bits per heavy atom. The normalized spacial score (nSPS) is 18.2. The molecule has 1 fully saturated rings. The minimum atomic E-state index is 0.229. The average Bonchev–Trinajstić information content (AvgIpc) is 2.96. The van der Waals surface area contributed by atoms with E-state index in [4.69, 9.17) is 23.8 Å². The van der Waals surface area contributed by atoms with E-state index in [0.717, 1.165) is 27.4 Å². The Kier molecular flexibility index (Phi) is 3.65. The Morgan fingerprint density at radius 1 is 1.35 bits per heavy atom. The predicted molar refractivity (Wildman–Crippen MR) is 87.0 cm³/mol. The molecular weight excluding hydrogens is 290 g/mol. The number of likely N-dealkylation sites (N-methyl/N-ethyl adjacent to an activating group) is 1. The molecule has 1 aromatic carbocycles. The van der Waals surface area contributed by atoms with Crippen LogP contribution in [0.1, 0.15) is 25.7 Å². The largest absolute Gasteiger partial charge is 0.331 e. The number of H-pyrrole nitrogens is 1. The molecule has 3 nitrogen and oxygen atoms in total. The van der Waals surface area contributed by atoms with E-state index in [9.17, 15) is 0 Å². The third-order valence-electron chi connectivity index (χ3n) is 4.67. The molecule has 1 heterocycles. The first-order chi connectivity index (χ1) is 9.52. The lowest BCUT2D eigenvalue weighted by Gasteiger charge is -2.36. The zero-order valence-electron chi connectivity index (χ0n) is 11.9. The predicted octanol–water partition coefficient (Wildman–Crippen LogP) is 4.23. The first-order valence-corrected chi connectivity index (χ1v) is 7.86. The summed E-state index contributed by atoms with van der Waals surface area (Å²) >= 11 is 11.6. The van der Waals surface area contributed by atoms with Gasteiger partial charge in [0.05, 0.1) is 11.0 Å². The van der Waals surface area contributed by atoms with Crippen molar-refractivity contribution in [1.82, 2.24) is 14.5 Å². The van der Waals surface area contributed by atoms with Gasteiger partial charge in [0.15, 0.2) is 4.77 Å². The number of hydrogen-bond acceptors (Lipinski definition) is 2. The van der Waals surface area contributed by atoms with Crippen LogP contribution in [0.15, 0.2) is 18.2 Å². The van der Waals surface area contributed by atoms with Crippen molar-refractivity contribution in [3.63, 3.8) is 0 Å². The molecule has 3 rings (SSSR count). The molecule has 1 aliphatic carbocycles. The van der Waals surface area contributed by atoms with Gasteiger partial charge < -0.3 is 14.5 Å². The molecule has 0 bridgehead atoms. The number of benzene rings is 1. The quantitative estimate of drug-likeness (QED) is 0.858. The van der Waals surface area contributed by atoms with E-state index in [-0.39, 0.29) is 5.54 Å². The van der Waals surface area contributed by atoms with Crippen LogP contribution in [0.3, 0.4) is 0 Å². The minimum Gasteiger partial charge on any atom is -0.331 e. The fourth-order valence-electron chi connectivity index (χ4n) is 3.37. The number of nitrogens with one attached hydrogen (secondary N) is 1. The van der Waals surface area contributed by atoms with Crippen molar-refractivity contribution in [1.29, 1.82) is 0 Å². The summed E-state index contributed by atoms with van der Waals surface area (Å²) in [5.41, 5.74) is 2.40. The lowest BCUT2D eigenvalue weighted by Crippen LogP contribution is -2.45. The highest BCUT2D eigenvalue weighted by Gasteiger charge is 2.36. The minimum absolute atomic E-state index is 0.229. The van der Waals surface area contributed by atoms with Crippen LogP contribution in [0.2, 0.25) is 5.02 Å². The highest BCUT2D eigenvalue weighted by atomic mass is 35.5. The van der Waals surface area contributed by atoms with Gasteiger partial charge in [0, 0.05) is 17.1 Å². The summed E-state index contributed by atoms with van der Waals surface area (Å²) < 4.78 is 3.02. The molecule has 0 radical (unpaired) electrons. The Morgan fingerprint density at radius 3 is 2.70 bits per heavy atom. The third-order valence-corrected chi connectivity index (χ3v) is 5.23. The summed E-state index contributed by atoms with van der Waals surface area (Å²) in [4.78, 5) is 5.64. The van der Waals surface area contributed by atoms with E-state index in [1.807, 2.05) is 12.1 Å². The van der Waals surface area contributed by atoms with Gasteiger partial charge in [0.2, 0.25) is 0 Å². The van der Waals surface area contributed by atoms with Crippen molar-refractivity contribution in [2.45, 2.75) is 37.8 Å². The van der Waals surface area contributed by atoms with E-state index in [1.54, 1.807) is 0 Å². The Bertz CT molecular complexity index is 680. The molecule has 1 saturated carbocycles. The van der Waals surface area contributed by atoms with Crippen LogP contribution in [0, 0.1) is 4.77 Å². The average molecular weight is 310 g/mol. The molecule has 0 amide bonds. The molecule has 1 aliphatic rings. The molecule has 2 aromatic rings. The van der Waals surface area contributed by atoms with Crippen LogP contribution >= 0.6 is 23.8 Å². The van der Waals surface area contributed by atoms with Gasteiger partial charge in [-0.1, -0.05) is 24.4 Å². The smallest absolute Gasteiger partial charge is 0.178 e. The molecule has 108 valence electrons. The number of hydrogen-bond donors (Lipinski definition) is 1.